The summed E-state index contributed by atoms with van der Waals surface area (Å²) in [6, 6.07) is 21.9. The maximum absolute atomic E-state index is 12.3. The van der Waals surface area contributed by atoms with Gasteiger partial charge in [0.15, 0.2) is 0 Å². The zero-order chi connectivity index (χ0) is 21.3. The van der Waals surface area contributed by atoms with Gasteiger partial charge in [-0.3, -0.25) is 9.59 Å². The zero-order valence-electron chi connectivity index (χ0n) is 17.0. The Labute approximate surface area is 176 Å². The number of benzene rings is 3. The third kappa shape index (κ3) is 6.07. The van der Waals surface area contributed by atoms with Gasteiger partial charge in [-0.15, -0.1) is 0 Å². The maximum atomic E-state index is 12.3. The number of ether oxygens (including phenoxy) is 1. The molecule has 0 aliphatic rings. The second-order valence-electron chi connectivity index (χ2n) is 6.73. The average molecular weight is 400 g/mol. The van der Waals surface area contributed by atoms with Crippen LogP contribution in [0.4, 0.5) is 11.4 Å². The molecular formula is C25H24N2O3. The molecule has 0 spiro atoms. The minimum absolute atomic E-state index is 0.172. The van der Waals surface area contributed by atoms with E-state index < -0.39 is 0 Å². The lowest BCUT2D eigenvalue weighted by atomic mass is 10.1. The number of carbonyl (C=O) groups excluding carboxylic acids is 2. The van der Waals surface area contributed by atoms with Crippen LogP contribution in [-0.4, -0.2) is 18.4 Å². The first-order chi connectivity index (χ1) is 14.5. The number of amides is 2. The quantitative estimate of drug-likeness (QED) is 0.529. The van der Waals surface area contributed by atoms with Crippen molar-refractivity contribution in [2.24, 2.45) is 0 Å². The molecule has 0 heterocycles. The van der Waals surface area contributed by atoms with Crippen LogP contribution < -0.4 is 15.4 Å². The number of carbonyl (C=O) groups is 2. The van der Waals surface area contributed by atoms with Gasteiger partial charge in [-0.1, -0.05) is 29.8 Å². The van der Waals surface area contributed by atoms with E-state index >= 15 is 0 Å². The van der Waals surface area contributed by atoms with E-state index in [0.717, 1.165) is 16.9 Å². The van der Waals surface area contributed by atoms with Gasteiger partial charge in [0.2, 0.25) is 5.91 Å². The van der Waals surface area contributed by atoms with Crippen molar-refractivity contribution in [2.45, 2.75) is 13.8 Å². The summed E-state index contributed by atoms with van der Waals surface area (Å²) < 4.78 is 5.40. The molecule has 0 bridgehead atoms. The number of hydrogen-bond donors (Lipinski definition) is 2. The predicted octanol–water partition coefficient (Wildman–Crippen LogP) is 5.30. The molecular weight excluding hydrogens is 376 g/mol. The summed E-state index contributed by atoms with van der Waals surface area (Å²) in [6.45, 7) is 4.49. The van der Waals surface area contributed by atoms with Crippen LogP contribution >= 0.6 is 0 Å². The molecule has 5 nitrogen and oxygen atoms in total. The topological polar surface area (TPSA) is 67.4 Å². The van der Waals surface area contributed by atoms with Crippen LogP contribution in [0.3, 0.4) is 0 Å². The van der Waals surface area contributed by atoms with Crippen molar-refractivity contribution < 1.29 is 14.3 Å². The summed E-state index contributed by atoms with van der Waals surface area (Å²) in [5.74, 6) is 0.392. The number of rotatable bonds is 7. The van der Waals surface area contributed by atoms with Gasteiger partial charge in [0.25, 0.3) is 5.91 Å². The van der Waals surface area contributed by atoms with Crippen LogP contribution in [0.15, 0.2) is 78.9 Å². The van der Waals surface area contributed by atoms with Crippen LogP contribution in [0.5, 0.6) is 5.75 Å². The normalized spacial score (nSPS) is 10.6. The van der Waals surface area contributed by atoms with Crippen LogP contribution in [0, 0.1) is 6.92 Å². The Kier molecular flexibility index (Phi) is 7.00. The molecule has 0 aliphatic heterocycles. The zero-order valence-corrected chi connectivity index (χ0v) is 17.0. The maximum Gasteiger partial charge on any atom is 0.255 e. The van der Waals surface area contributed by atoms with Gasteiger partial charge in [0.1, 0.15) is 5.75 Å². The van der Waals surface area contributed by atoms with Crippen molar-refractivity contribution in [3.8, 4) is 5.75 Å². The van der Waals surface area contributed by atoms with Crippen molar-refractivity contribution in [3.63, 3.8) is 0 Å². The molecule has 0 unspecified atom stereocenters. The highest BCUT2D eigenvalue weighted by molar-refractivity contribution is 6.05. The molecule has 30 heavy (non-hydrogen) atoms. The van der Waals surface area contributed by atoms with Crippen LogP contribution in [0.25, 0.3) is 6.08 Å². The largest absolute Gasteiger partial charge is 0.494 e. The first-order valence-electron chi connectivity index (χ1n) is 9.73. The van der Waals surface area contributed by atoms with Crippen LogP contribution in [0.1, 0.15) is 28.4 Å². The molecule has 0 saturated carbocycles. The Hall–Kier alpha value is -3.86. The summed E-state index contributed by atoms with van der Waals surface area (Å²) >= 11 is 0. The second kappa shape index (κ2) is 10.1. The summed E-state index contributed by atoms with van der Waals surface area (Å²) in [6.07, 6.45) is 3.21. The Balaban J connectivity index is 1.54. The number of anilines is 2. The van der Waals surface area contributed by atoms with E-state index in [4.69, 9.17) is 4.74 Å². The third-order valence-electron chi connectivity index (χ3n) is 4.31. The smallest absolute Gasteiger partial charge is 0.255 e. The number of aryl methyl sites for hydroxylation is 1. The summed E-state index contributed by atoms with van der Waals surface area (Å²) in [5.41, 5.74) is 3.84. The molecule has 5 heteroatoms. The third-order valence-corrected chi connectivity index (χ3v) is 4.31. The van der Waals surface area contributed by atoms with Crippen LogP contribution in [0.2, 0.25) is 0 Å². The minimum atomic E-state index is -0.236. The van der Waals surface area contributed by atoms with Gasteiger partial charge in [0, 0.05) is 23.0 Å². The van der Waals surface area contributed by atoms with Gasteiger partial charge in [-0.05, 0) is 74.0 Å². The van der Waals surface area contributed by atoms with E-state index in [1.165, 1.54) is 6.08 Å². The molecule has 0 saturated heterocycles. The van der Waals surface area contributed by atoms with Gasteiger partial charge in [-0.2, -0.15) is 0 Å². The van der Waals surface area contributed by atoms with Crippen molar-refractivity contribution in [3.05, 3.63) is 95.6 Å². The number of nitrogens with one attached hydrogen (secondary N) is 2. The first kappa shape index (κ1) is 20.9. The summed E-state index contributed by atoms with van der Waals surface area (Å²) in [7, 11) is 0. The Morgan fingerprint density at radius 2 is 1.57 bits per heavy atom. The van der Waals surface area contributed by atoms with Crippen molar-refractivity contribution in [1.82, 2.24) is 0 Å². The molecule has 3 rings (SSSR count). The van der Waals surface area contributed by atoms with E-state index in [-0.39, 0.29) is 11.8 Å². The average Bonchev–Trinajstić information content (AvgIpc) is 2.75. The van der Waals surface area contributed by atoms with Crippen molar-refractivity contribution in [2.75, 3.05) is 17.2 Å². The highest BCUT2D eigenvalue weighted by Crippen LogP contribution is 2.16. The van der Waals surface area contributed by atoms with E-state index in [1.54, 1.807) is 36.4 Å². The first-order valence-corrected chi connectivity index (χ1v) is 9.73. The summed E-state index contributed by atoms with van der Waals surface area (Å²) in [4.78, 5) is 24.5. The SMILES string of the molecule is CCOc1ccc(/C=C/C(=O)Nc2ccc(NC(=O)c3cccc(C)c3)cc2)cc1. The monoisotopic (exact) mass is 400 g/mol. The fraction of sp³-hybridized carbons (Fsp3) is 0.120. The highest BCUT2D eigenvalue weighted by Gasteiger charge is 2.06. The molecule has 2 N–H and O–H groups in total. The molecule has 0 aromatic heterocycles. The number of hydrogen-bond acceptors (Lipinski definition) is 3. The standard InChI is InChI=1S/C25H24N2O3/c1-3-30-23-14-7-19(8-15-23)9-16-24(28)26-21-10-12-22(13-11-21)27-25(29)20-6-4-5-18(2)17-20/h4-17H,3H2,1-2H3,(H,26,28)(H,27,29)/b16-9+. The summed E-state index contributed by atoms with van der Waals surface area (Å²) in [5, 5.41) is 5.65. The van der Waals surface area contributed by atoms with E-state index in [9.17, 15) is 9.59 Å². The minimum Gasteiger partial charge on any atom is -0.494 e. The van der Waals surface area contributed by atoms with E-state index in [2.05, 4.69) is 10.6 Å². The molecule has 0 atom stereocenters. The molecule has 2 amide bonds. The van der Waals surface area contributed by atoms with E-state index in [1.807, 2.05) is 56.3 Å². The fourth-order valence-electron chi connectivity index (χ4n) is 2.82. The van der Waals surface area contributed by atoms with Gasteiger partial charge in [0.05, 0.1) is 6.61 Å². The second-order valence-corrected chi connectivity index (χ2v) is 6.73. The predicted molar refractivity (Wildman–Crippen MR) is 121 cm³/mol. The Morgan fingerprint density at radius 3 is 2.20 bits per heavy atom. The fourth-order valence-corrected chi connectivity index (χ4v) is 2.82. The lowest BCUT2D eigenvalue weighted by Gasteiger charge is -2.07. The van der Waals surface area contributed by atoms with Gasteiger partial charge < -0.3 is 15.4 Å². The molecule has 0 aliphatic carbocycles. The molecule has 0 radical (unpaired) electrons. The molecule has 152 valence electrons. The van der Waals surface area contributed by atoms with Crippen molar-refractivity contribution >= 4 is 29.3 Å². The lowest BCUT2D eigenvalue weighted by Crippen LogP contribution is -2.12. The van der Waals surface area contributed by atoms with Crippen LogP contribution in [-0.2, 0) is 4.79 Å². The van der Waals surface area contributed by atoms with E-state index in [0.29, 0.717) is 23.5 Å². The lowest BCUT2D eigenvalue weighted by molar-refractivity contribution is -0.111. The highest BCUT2D eigenvalue weighted by atomic mass is 16.5. The Morgan fingerprint density at radius 1 is 0.900 bits per heavy atom. The Bertz CT molecular complexity index is 1040. The molecule has 0 fully saturated rings. The van der Waals surface area contributed by atoms with Gasteiger partial charge in [-0.25, -0.2) is 0 Å². The van der Waals surface area contributed by atoms with Crippen molar-refractivity contribution in [1.29, 1.82) is 0 Å². The molecule has 3 aromatic rings. The van der Waals surface area contributed by atoms with Gasteiger partial charge >= 0.3 is 0 Å². The molecule has 3 aromatic carbocycles.